The Morgan fingerprint density at radius 2 is 1.17 bits per heavy atom. The number of benzene rings is 2. The van der Waals surface area contributed by atoms with Crippen LogP contribution in [0.5, 0.6) is 0 Å². The van der Waals surface area contributed by atoms with Crippen LogP contribution < -0.4 is 9.80 Å². The molecule has 2 nitrogen and oxygen atoms in total. The molecule has 122 valence electrons. The van der Waals surface area contributed by atoms with Gasteiger partial charge >= 0.3 is 0 Å². The maximum absolute atomic E-state index is 2.44. The molecule has 0 spiro atoms. The van der Waals surface area contributed by atoms with Crippen LogP contribution >= 0.6 is 10.0 Å². The Morgan fingerprint density at radius 3 is 1.61 bits per heavy atom. The van der Waals surface area contributed by atoms with Gasteiger partial charge in [0.15, 0.2) is 0 Å². The first-order chi connectivity index (χ1) is 11.0. The van der Waals surface area contributed by atoms with E-state index in [0.717, 1.165) is 13.1 Å². The summed E-state index contributed by atoms with van der Waals surface area (Å²) in [4.78, 5) is 7.77. The second kappa shape index (κ2) is 5.20. The van der Waals surface area contributed by atoms with Crippen molar-refractivity contribution in [2.45, 2.75) is 22.6 Å². The van der Waals surface area contributed by atoms with Gasteiger partial charge in [0.25, 0.3) is 0 Å². The molecule has 2 aliphatic rings. The molecule has 2 aliphatic heterocycles. The van der Waals surface area contributed by atoms with Gasteiger partial charge in [0.2, 0.25) is 0 Å². The first kappa shape index (κ1) is 14.9. The van der Waals surface area contributed by atoms with Crippen molar-refractivity contribution in [3.8, 4) is 0 Å². The zero-order valence-electron chi connectivity index (χ0n) is 14.6. The molecule has 0 unspecified atom stereocenters. The second-order valence-corrected chi connectivity index (χ2v) is 10.8. The summed E-state index contributed by atoms with van der Waals surface area (Å²) in [7, 11) is 3.44. The summed E-state index contributed by atoms with van der Waals surface area (Å²) in [6, 6.07) is 14.3. The lowest BCUT2D eigenvalue weighted by Crippen LogP contribution is -2.13. The molecule has 0 fully saturated rings. The highest BCUT2D eigenvalue weighted by atomic mass is 32.3. The fraction of sp³-hybridized carbons (Fsp3) is 0.400. The van der Waals surface area contributed by atoms with Crippen molar-refractivity contribution in [1.29, 1.82) is 0 Å². The molecule has 0 amide bonds. The third kappa shape index (κ3) is 2.33. The normalized spacial score (nSPS) is 17.4. The summed E-state index contributed by atoms with van der Waals surface area (Å²) in [5, 5.41) is 0. The lowest BCUT2D eigenvalue weighted by atomic mass is 10.2. The average Bonchev–Trinajstić information content (AvgIpc) is 3.11. The minimum Gasteiger partial charge on any atom is -0.374 e. The molecule has 0 radical (unpaired) electrons. The van der Waals surface area contributed by atoms with Crippen molar-refractivity contribution >= 4 is 21.4 Å². The minimum absolute atomic E-state index is 0.982. The van der Waals surface area contributed by atoms with Crippen LogP contribution in [0.1, 0.15) is 11.1 Å². The highest BCUT2D eigenvalue weighted by Crippen LogP contribution is 2.58. The molecule has 0 saturated carbocycles. The quantitative estimate of drug-likeness (QED) is 0.818. The zero-order chi connectivity index (χ0) is 16.2. The van der Waals surface area contributed by atoms with Crippen LogP contribution in [-0.2, 0) is 12.8 Å². The highest BCUT2D eigenvalue weighted by molar-refractivity contribution is 8.32. The lowest BCUT2D eigenvalue weighted by Gasteiger charge is -2.34. The molecular formula is C20H26N2S. The average molecular weight is 327 g/mol. The van der Waals surface area contributed by atoms with E-state index in [2.05, 4.69) is 72.8 Å². The summed E-state index contributed by atoms with van der Waals surface area (Å²) in [6.07, 6.45) is 7.23. The zero-order valence-corrected chi connectivity index (χ0v) is 15.4. The Morgan fingerprint density at radius 1 is 0.739 bits per heavy atom. The molecule has 0 atom stereocenters. The molecule has 0 N–H and O–H groups in total. The van der Waals surface area contributed by atoms with Crippen LogP contribution in [0.15, 0.2) is 46.2 Å². The van der Waals surface area contributed by atoms with Crippen LogP contribution in [-0.4, -0.2) is 39.7 Å². The third-order valence-corrected chi connectivity index (χ3v) is 8.41. The lowest BCUT2D eigenvalue weighted by molar-refractivity contribution is 0.955. The number of nitrogens with zero attached hydrogens (tertiary/aromatic N) is 2. The Balaban J connectivity index is 1.76. The van der Waals surface area contributed by atoms with Gasteiger partial charge in [-0.1, -0.05) is 12.1 Å². The summed E-state index contributed by atoms with van der Waals surface area (Å²) >= 11 is 0. The number of anilines is 2. The van der Waals surface area contributed by atoms with E-state index in [4.69, 9.17) is 0 Å². The molecule has 2 heterocycles. The summed E-state index contributed by atoms with van der Waals surface area (Å²) in [6.45, 7) is 2.30. The van der Waals surface area contributed by atoms with Crippen LogP contribution in [0, 0.1) is 0 Å². The van der Waals surface area contributed by atoms with Gasteiger partial charge in [-0.15, -0.1) is 0 Å². The Hall–Kier alpha value is -1.61. The van der Waals surface area contributed by atoms with Gasteiger partial charge < -0.3 is 9.80 Å². The first-order valence-electron chi connectivity index (χ1n) is 8.38. The summed E-state index contributed by atoms with van der Waals surface area (Å²) in [5.74, 6) is 0. The topological polar surface area (TPSA) is 6.48 Å². The van der Waals surface area contributed by atoms with E-state index < -0.39 is 10.0 Å². The van der Waals surface area contributed by atoms with Crippen molar-refractivity contribution in [3.63, 3.8) is 0 Å². The number of fused-ring (bicyclic) bond motifs is 2. The highest BCUT2D eigenvalue weighted by Gasteiger charge is 2.24. The van der Waals surface area contributed by atoms with Crippen LogP contribution in [0.25, 0.3) is 0 Å². The third-order valence-electron chi connectivity index (χ3n) is 5.55. The van der Waals surface area contributed by atoms with Crippen molar-refractivity contribution in [2.24, 2.45) is 0 Å². The van der Waals surface area contributed by atoms with Gasteiger partial charge in [0, 0.05) is 38.6 Å². The van der Waals surface area contributed by atoms with E-state index in [1.54, 1.807) is 0 Å². The van der Waals surface area contributed by atoms with Crippen LogP contribution in [0.3, 0.4) is 0 Å². The van der Waals surface area contributed by atoms with Crippen molar-refractivity contribution in [1.82, 2.24) is 0 Å². The monoisotopic (exact) mass is 326 g/mol. The van der Waals surface area contributed by atoms with Crippen molar-refractivity contribution in [2.75, 3.05) is 49.5 Å². The molecule has 2 aromatic rings. The smallest absolute Gasteiger partial charge is 0.0407 e. The second-order valence-electron chi connectivity index (χ2n) is 7.25. The predicted octanol–water partition coefficient (Wildman–Crippen LogP) is 4.15. The number of likely N-dealkylation sites (N-methyl/N-ethyl adjacent to an activating group) is 2. The van der Waals surface area contributed by atoms with Gasteiger partial charge in [0.1, 0.15) is 0 Å². The summed E-state index contributed by atoms with van der Waals surface area (Å²) < 4.78 is 0. The van der Waals surface area contributed by atoms with Gasteiger partial charge in [-0.3, -0.25) is 0 Å². The maximum atomic E-state index is 2.44. The first-order valence-corrected chi connectivity index (χ1v) is 10.8. The number of hydrogen-bond acceptors (Lipinski definition) is 2. The SMILES string of the molecule is CN1CCc2ccc(S(C)(C)c3ccc4c(c3)N(C)CC4)cc21. The molecule has 3 heteroatoms. The van der Waals surface area contributed by atoms with Crippen molar-refractivity contribution < 1.29 is 0 Å². The predicted molar refractivity (Wildman–Crippen MR) is 103 cm³/mol. The van der Waals surface area contributed by atoms with E-state index >= 15 is 0 Å². The summed E-state index contributed by atoms with van der Waals surface area (Å²) in [5.41, 5.74) is 5.86. The Labute approximate surface area is 141 Å². The van der Waals surface area contributed by atoms with Gasteiger partial charge in [-0.25, -0.2) is 0 Å². The van der Waals surface area contributed by atoms with E-state index in [1.807, 2.05) is 0 Å². The minimum atomic E-state index is -0.982. The Bertz CT molecular complexity index is 703. The van der Waals surface area contributed by atoms with Gasteiger partial charge in [-0.2, -0.15) is 10.0 Å². The fourth-order valence-corrected chi connectivity index (χ4v) is 5.71. The molecule has 0 bridgehead atoms. The fourth-order valence-electron chi connectivity index (χ4n) is 3.81. The van der Waals surface area contributed by atoms with E-state index in [0.29, 0.717) is 0 Å². The van der Waals surface area contributed by atoms with E-state index in [9.17, 15) is 0 Å². The van der Waals surface area contributed by atoms with E-state index in [-0.39, 0.29) is 0 Å². The molecule has 0 aromatic heterocycles. The standard InChI is InChI=1S/C20H26N2S/c1-21-11-9-15-5-7-17(13-19(15)21)23(3,4)18-8-6-16-10-12-22(2)20(16)14-18/h5-8,13-14H,9-12H2,1-4H3. The molecule has 0 aliphatic carbocycles. The van der Waals surface area contributed by atoms with Gasteiger partial charge in [-0.05, 0) is 70.5 Å². The van der Waals surface area contributed by atoms with Crippen LogP contribution in [0.2, 0.25) is 0 Å². The number of rotatable bonds is 2. The van der Waals surface area contributed by atoms with Crippen molar-refractivity contribution in [3.05, 3.63) is 47.5 Å². The largest absolute Gasteiger partial charge is 0.374 e. The maximum Gasteiger partial charge on any atom is 0.0407 e. The van der Waals surface area contributed by atoms with Crippen LogP contribution in [0.4, 0.5) is 11.4 Å². The van der Waals surface area contributed by atoms with Gasteiger partial charge in [0.05, 0.1) is 0 Å². The molecular weight excluding hydrogens is 300 g/mol. The molecule has 2 aromatic carbocycles. The number of hydrogen-bond donors (Lipinski definition) is 0. The van der Waals surface area contributed by atoms with E-state index in [1.165, 1.54) is 45.1 Å². The molecule has 0 saturated heterocycles. The molecule has 4 rings (SSSR count). The molecule has 23 heavy (non-hydrogen) atoms. The Kier molecular flexibility index (Phi) is 3.38.